The molecule has 1 unspecified atom stereocenters. The highest BCUT2D eigenvalue weighted by Gasteiger charge is 2.36. The van der Waals surface area contributed by atoms with Crippen molar-refractivity contribution in [2.24, 2.45) is 5.41 Å². The Bertz CT molecular complexity index is 867. The number of hydrogen-bond acceptors (Lipinski definition) is 6. The van der Waals surface area contributed by atoms with Gasteiger partial charge in [0.2, 0.25) is 0 Å². The van der Waals surface area contributed by atoms with E-state index in [0.29, 0.717) is 6.54 Å². The van der Waals surface area contributed by atoms with Crippen molar-refractivity contribution in [1.82, 2.24) is 9.88 Å². The van der Waals surface area contributed by atoms with Crippen LogP contribution in [0.5, 0.6) is 0 Å². The van der Waals surface area contributed by atoms with Crippen LogP contribution >= 0.6 is 0 Å². The Morgan fingerprint density at radius 2 is 1.76 bits per heavy atom. The van der Waals surface area contributed by atoms with Crippen molar-refractivity contribution in [2.45, 2.75) is 97.8 Å². The summed E-state index contributed by atoms with van der Waals surface area (Å²) in [4.78, 5) is 39.4. The zero-order chi connectivity index (χ0) is 24.6. The van der Waals surface area contributed by atoms with E-state index in [1.807, 2.05) is 0 Å². The number of aromatic nitrogens is 1. The summed E-state index contributed by atoms with van der Waals surface area (Å²) in [6.07, 6.45) is 6.68. The standard InChI is InChI=1S/C25H40N2O6/c1-5-6-13-27-20-12-10-8-7-9-11-17(20)14-19(23(27)31)22(30)26-21(25(2,3)4)24(32)33-18(15-28)16-29/h14,18,21,28-29H,5-13,15-16H2,1-4H3,(H,26,30). The lowest BCUT2D eigenvalue weighted by Gasteiger charge is -2.30. The Morgan fingerprint density at radius 3 is 2.33 bits per heavy atom. The van der Waals surface area contributed by atoms with Gasteiger partial charge in [-0.1, -0.05) is 47.0 Å². The summed E-state index contributed by atoms with van der Waals surface area (Å²) in [5.74, 6) is -1.38. The second-order valence-electron chi connectivity index (χ2n) is 9.95. The second-order valence-corrected chi connectivity index (χ2v) is 9.95. The summed E-state index contributed by atoms with van der Waals surface area (Å²) in [5.41, 5.74) is 1.06. The lowest BCUT2D eigenvalue weighted by atomic mass is 9.86. The number of pyridine rings is 1. The van der Waals surface area contributed by atoms with Crippen LogP contribution in [0.2, 0.25) is 0 Å². The molecule has 3 N–H and O–H groups in total. The van der Waals surface area contributed by atoms with Crippen LogP contribution in [0.3, 0.4) is 0 Å². The van der Waals surface area contributed by atoms with Crippen LogP contribution in [0.15, 0.2) is 10.9 Å². The van der Waals surface area contributed by atoms with Gasteiger partial charge in [-0.15, -0.1) is 0 Å². The van der Waals surface area contributed by atoms with E-state index in [1.165, 1.54) is 0 Å². The molecule has 0 bridgehead atoms. The third-order valence-electron chi connectivity index (χ3n) is 6.15. The maximum absolute atomic E-state index is 13.4. The molecule has 8 heteroatoms. The number of carbonyl (C=O) groups excluding carboxylic acids is 2. The van der Waals surface area contributed by atoms with Crippen LogP contribution in [0.1, 0.15) is 87.8 Å². The summed E-state index contributed by atoms with van der Waals surface area (Å²) in [6, 6.07) is 0.645. The van der Waals surface area contributed by atoms with Gasteiger partial charge < -0.3 is 24.8 Å². The van der Waals surface area contributed by atoms with Gasteiger partial charge in [0, 0.05) is 12.2 Å². The van der Waals surface area contributed by atoms with Gasteiger partial charge in [-0.2, -0.15) is 0 Å². The summed E-state index contributed by atoms with van der Waals surface area (Å²) in [5, 5.41) is 21.2. The highest BCUT2D eigenvalue weighted by molar-refractivity contribution is 5.97. The molecular weight excluding hydrogens is 424 g/mol. The zero-order valence-electron chi connectivity index (χ0n) is 20.5. The molecule has 0 saturated carbocycles. The Labute approximate surface area is 196 Å². The molecule has 0 aromatic carbocycles. The van der Waals surface area contributed by atoms with Crippen molar-refractivity contribution in [3.05, 3.63) is 33.2 Å². The van der Waals surface area contributed by atoms with Crippen molar-refractivity contribution in [3.63, 3.8) is 0 Å². The summed E-state index contributed by atoms with van der Waals surface area (Å²) in [7, 11) is 0. The number of carbonyl (C=O) groups is 2. The molecular formula is C25H40N2O6. The Kier molecular flexibility index (Phi) is 10.1. The van der Waals surface area contributed by atoms with E-state index in [4.69, 9.17) is 4.74 Å². The van der Waals surface area contributed by atoms with E-state index in [-0.39, 0.29) is 11.1 Å². The van der Waals surface area contributed by atoms with Crippen molar-refractivity contribution >= 4 is 11.9 Å². The average Bonchev–Trinajstić information content (AvgIpc) is 2.74. The molecule has 0 aliphatic heterocycles. The van der Waals surface area contributed by atoms with Gasteiger partial charge in [0.05, 0.1) is 13.2 Å². The van der Waals surface area contributed by atoms with Gasteiger partial charge in [-0.25, -0.2) is 4.79 Å². The minimum atomic E-state index is -1.07. The van der Waals surface area contributed by atoms with Gasteiger partial charge in [0.25, 0.3) is 11.5 Å². The van der Waals surface area contributed by atoms with Crippen molar-refractivity contribution in [3.8, 4) is 0 Å². The molecule has 0 saturated heterocycles. The number of nitrogens with zero attached hydrogens (tertiary/aromatic N) is 1. The number of rotatable bonds is 9. The molecule has 0 fully saturated rings. The minimum absolute atomic E-state index is 0.0355. The number of fused-ring (bicyclic) bond motifs is 1. The molecule has 1 amide bonds. The number of aryl methyl sites for hydroxylation is 1. The average molecular weight is 465 g/mol. The van der Waals surface area contributed by atoms with E-state index in [2.05, 4.69) is 12.2 Å². The topological polar surface area (TPSA) is 118 Å². The van der Waals surface area contributed by atoms with Crippen LogP contribution in [-0.4, -0.2) is 52.0 Å². The number of nitrogens with one attached hydrogen (secondary N) is 1. The fourth-order valence-electron chi connectivity index (χ4n) is 4.15. The molecule has 0 radical (unpaired) electrons. The Morgan fingerprint density at radius 1 is 1.12 bits per heavy atom. The Hall–Kier alpha value is -2.19. The predicted octanol–water partition coefficient (Wildman–Crippen LogP) is 2.35. The third-order valence-corrected chi connectivity index (χ3v) is 6.15. The van der Waals surface area contributed by atoms with E-state index in [0.717, 1.165) is 62.6 Å². The molecule has 1 aliphatic carbocycles. The molecule has 8 nitrogen and oxygen atoms in total. The fraction of sp³-hybridized carbons (Fsp3) is 0.720. The lowest BCUT2D eigenvalue weighted by molar-refractivity contribution is -0.158. The van der Waals surface area contributed by atoms with Crippen molar-refractivity contribution in [2.75, 3.05) is 13.2 Å². The molecule has 1 aromatic rings. The molecule has 1 aliphatic rings. The van der Waals surface area contributed by atoms with E-state index < -0.39 is 42.7 Å². The molecule has 1 atom stereocenters. The number of aliphatic hydroxyl groups excluding tert-OH is 2. The van der Waals surface area contributed by atoms with Gasteiger partial charge in [0.15, 0.2) is 0 Å². The van der Waals surface area contributed by atoms with Gasteiger partial charge in [0.1, 0.15) is 17.7 Å². The largest absolute Gasteiger partial charge is 0.456 e. The van der Waals surface area contributed by atoms with Crippen molar-refractivity contribution < 1.29 is 24.5 Å². The third kappa shape index (κ3) is 7.14. The molecule has 33 heavy (non-hydrogen) atoms. The molecule has 2 rings (SSSR count). The maximum Gasteiger partial charge on any atom is 0.329 e. The first kappa shape index (κ1) is 27.1. The first-order valence-corrected chi connectivity index (χ1v) is 12.1. The Balaban J connectivity index is 2.42. The van der Waals surface area contributed by atoms with Gasteiger partial charge in [-0.3, -0.25) is 9.59 Å². The van der Waals surface area contributed by atoms with Crippen molar-refractivity contribution in [1.29, 1.82) is 0 Å². The SMILES string of the molecule is CCCCn1c2c(cc(C(=O)NC(C(=O)OC(CO)CO)C(C)(C)C)c1=O)CCCCCC2. The quantitative estimate of drug-likeness (QED) is 0.483. The minimum Gasteiger partial charge on any atom is -0.456 e. The van der Waals surface area contributed by atoms with E-state index >= 15 is 0 Å². The number of hydrogen-bond donors (Lipinski definition) is 3. The number of amides is 1. The second kappa shape index (κ2) is 12.3. The lowest BCUT2D eigenvalue weighted by Crippen LogP contribution is -2.52. The van der Waals surface area contributed by atoms with Crippen LogP contribution in [0.25, 0.3) is 0 Å². The van der Waals surface area contributed by atoms with E-state index in [1.54, 1.807) is 31.4 Å². The first-order valence-electron chi connectivity index (χ1n) is 12.1. The highest BCUT2D eigenvalue weighted by atomic mass is 16.6. The highest BCUT2D eigenvalue weighted by Crippen LogP contribution is 2.23. The molecule has 1 aromatic heterocycles. The van der Waals surface area contributed by atoms with Gasteiger partial charge in [-0.05, 0) is 49.1 Å². The summed E-state index contributed by atoms with van der Waals surface area (Å²) >= 11 is 0. The summed E-state index contributed by atoms with van der Waals surface area (Å²) < 4.78 is 6.93. The van der Waals surface area contributed by atoms with Crippen LogP contribution < -0.4 is 10.9 Å². The number of aliphatic hydroxyl groups is 2. The van der Waals surface area contributed by atoms with E-state index in [9.17, 15) is 24.6 Å². The summed E-state index contributed by atoms with van der Waals surface area (Å²) in [6.45, 7) is 6.89. The molecule has 186 valence electrons. The normalized spacial score (nSPS) is 15.4. The number of ether oxygens (including phenoxy) is 1. The first-order chi connectivity index (χ1) is 15.6. The predicted molar refractivity (Wildman–Crippen MR) is 126 cm³/mol. The number of esters is 1. The van der Waals surface area contributed by atoms with Crippen LogP contribution in [0, 0.1) is 5.41 Å². The van der Waals surface area contributed by atoms with Crippen LogP contribution in [-0.2, 0) is 28.9 Å². The van der Waals surface area contributed by atoms with Crippen LogP contribution in [0.4, 0.5) is 0 Å². The monoisotopic (exact) mass is 464 g/mol. The maximum atomic E-state index is 13.4. The molecule has 0 spiro atoms. The molecule has 1 heterocycles. The number of unbranched alkanes of at least 4 members (excludes halogenated alkanes) is 1. The zero-order valence-corrected chi connectivity index (χ0v) is 20.5. The van der Waals surface area contributed by atoms with Gasteiger partial charge >= 0.3 is 5.97 Å². The fourth-order valence-corrected chi connectivity index (χ4v) is 4.15. The smallest absolute Gasteiger partial charge is 0.329 e.